The number of hydrogen-bond acceptors (Lipinski definition) is 5. The van der Waals surface area contributed by atoms with Crippen LogP contribution in [0.25, 0.3) is 16.8 Å². The molecule has 3 aromatic heterocycles. The quantitative estimate of drug-likeness (QED) is 0.589. The number of H-pyrrole nitrogens is 1. The summed E-state index contributed by atoms with van der Waals surface area (Å²) in [6.45, 7) is 0. The van der Waals surface area contributed by atoms with Crippen LogP contribution in [0.4, 0.5) is 0 Å². The van der Waals surface area contributed by atoms with Gasteiger partial charge in [0.1, 0.15) is 12.2 Å². The van der Waals surface area contributed by atoms with Crippen LogP contribution in [0.5, 0.6) is 0 Å². The predicted octanol–water partition coefficient (Wildman–Crippen LogP) is 2.40. The molecule has 4 aromatic rings. The molecule has 0 saturated carbocycles. The molecular formula is C18H14ClN7O. The first kappa shape index (κ1) is 16.0. The monoisotopic (exact) mass is 379 g/mol. The third-order valence-electron chi connectivity index (χ3n) is 4.83. The van der Waals surface area contributed by atoms with E-state index in [4.69, 9.17) is 11.6 Å². The number of benzene rings is 1. The topological polar surface area (TPSA) is 94.3 Å². The van der Waals surface area contributed by atoms with E-state index in [-0.39, 0.29) is 11.6 Å². The third-order valence-corrected chi connectivity index (χ3v) is 5.07. The molecule has 9 heteroatoms. The van der Waals surface area contributed by atoms with Crippen LogP contribution in [0.15, 0.2) is 53.8 Å². The van der Waals surface area contributed by atoms with Crippen molar-refractivity contribution in [2.75, 3.05) is 0 Å². The zero-order valence-corrected chi connectivity index (χ0v) is 14.8. The number of nitrogens with one attached hydrogen (secondary N) is 1. The van der Waals surface area contributed by atoms with E-state index in [1.54, 1.807) is 29.2 Å². The number of aromatic nitrogens is 7. The van der Waals surface area contributed by atoms with Crippen molar-refractivity contribution < 1.29 is 0 Å². The SMILES string of the molecule is O=c1cc(-c2cc(Cl)ccc2-n2cnnn2)cc2n1C(c1ncc[nH]1)CC2. The Balaban J connectivity index is 1.66. The number of rotatable bonds is 3. The number of halogens is 1. The van der Waals surface area contributed by atoms with Crippen molar-refractivity contribution in [1.82, 2.24) is 34.7 Å². The summed E-state index contributed by atoms with van der Waals surface area (Å²) in [5.41, 5.74) is 3.26. The molecule has 8 nitrogen and oxygen atoms in total. The molecule has 1 aliphatic heterocycles. The van der Waals surface area contributed by atoms with Crippen LogP contribution in [0.1, 0.15) is 24.0 Å². The Morgan fingerprint density at radius 2 is 2.15 bits per heavy atom. The fourth-order valence-electron chi connectivity index (χ4n) is 3.68. The second kappa shape index (κ2) is 6.17. The number of pyridine rings is 1. The van der Waals surface area contributed by atoms with Crippen molar-refractivity contribution in [2.24, 2.45) is 0 Å². The highest BCUT2D eigenvalue weighted by molar-refractivity contribution is 6.31. The molecule has 0 saturated heterocycles. The molecule has 0 amide bonds. The lowest BCUT2D eigenvalue weighted by atomic mass is 10.0. The van der Waals surface area contributed by atoms with Gasteiger partial charge >= 0.3 is 0 Å². The smallest absolute Gasteiger partial charge is 0.252 e. The largest absolute Gasteiger partial charge is 0.347 e. The first-order chi connectivity index (χ1) is 13.2. The predicted molar refractivity (Wildman–Crippen MR) is 98.9 cm³/mol. The molecule has 134 valence electrons. The molecule has 4 heterocycles. The summed E-state index contributed by atoms with van der Waals surface area (Å²) in [6.07, 6.45) is 6.63. The second-order valence-corrected chi connectivity index (χ2v) is 6.82. The Hall–Kier alpha value is -3.26. The normalized spacial score (nSPS) is 15.8. The van der Waals surface area contributed by atoms with E-state index in [0.29, 0.717) is 5.02 Å². The van der Waals surface area contributed by atoms with Crippen LogP contribution in [0.2, 0.25) is 5.02 Å². The zero-order chi connectivity index (χ0) is 18.4. The lowest BCUT2D eigenvalue weighted by molar-refractivity contribution is 0.572. The first-order valence-corrected chi connectivity index (χ1v) is 8.86. The summed E-state index contributed by atoms with van der Waals surface area (Å²) in [6, 6.07) is 9.03. The number of hydrogen-bond donors (Lipinski definition) is 1. The van der Waals surface area contributed by atoms with Crippen LogP contribution in [0, 0.1) is 0 Å². The van der Waals surface area contributed by atoms with Gasteiger partial charge in [0.05, 0.1) is 11.7 Å². The van der Waals surface area contributed by atoms with Gasteiger partial charge in [0.25, 0.3) is 5.56 Å². The number of nitrogens with zero attached hydrogens (tertiary/aromatic N) is 6. The molecule has 0 radical (unpaired) electrons. The number of aryl methyl sites for hydroxylation is 1. The molecule has 5 rings (SSSR count). The van der Waals surface area contributed by atoms with Crippen molar-refractivity contribution in [3.63, 3.8) is 0 Å². The highest BCUT2D eigenvalue weighted by atomic mass is 35.5. The average molecular weight is 380 g/mol. The third kappa shape index (κ3) is 2.65. The molecule has 1 atom stereocenters. The number of imidazole rings is 1. The van der Waals surface area contributed by atoms with Crippen LogP contribution in [-0.2, 0) is 6.42 Å². The highest BCUT2D eigenvalue weighted by Crippen LogP contribution is 2.33. The fraction of sp³-hybridized carbons (Fsp3) is 0.167. The molecule has 0 spiro atoms. The minimum atomic E-state index is -0.0657. The molecule has 1 aliphatic rings. The Morgan fingerprint density at radius 1 is 1.22 bits per heavy atom. The van der Waals surface area contributed by atoms with Gasteiger partial charge in [0, 0.05) is 34.7 Å². The highest BCUT2D eigenvalue weighted by Gasteiger charge is 2.27. The molecule has 1 unspecified atom stereocenters. The van der Waals surface area contributed by atoms with Crippen molar-refractivity contribution >= 4 is 11.6 Å². The van der Waals surface area contributed by atoms with E-state index in [2.05, 4.69) is 25.5 Å². The van der Waals surface area contributed by atoms with E-state index >= 15 is 0 Å². The Labute approximate surface area is 158 Å². The number of fused-ring (bicyclic) bond motifs is 1. The van der Waals surface area contributed by atoms with Crippen molar-refractivity contribution in [1.29, 1.82) is 0 Å². The second-order valence-electron chi connectivity index (χ2n) is 6.39. The van der Waals surface area contributed by atoms with Crippen LogP contribution in [0.3, 0.4) is 0 Å². The molecule has 0 aliphatic carbocycles. The Bertz CT molecular complexity index is 1170. The maximum Gasteiger partial charge on any atom is 0.252 e. The van der Waals surface area contributed by atoms with E-state index < -0.39 is 0 Å². The molecule has 1 aromatic carbocycles. The summed E-state index contributed by atoms with van der Waals surface area (Å²) in [5.74, 6) is 0.806. The van der Waals surface area contributed by atoms with Crippen molar-refractivity contribution in [2.45, 2.75) is 18.9 Å². The molecule has 27 heavy (non-hydrogen) atoms. The first-order valence-electron chi connectivity index (χ1n) is 8.49. The number of tetrazole rings is 1. The van der Waals surface area contributed by atoms with Gasteiger partial charge in [-0.15, -0.1) is 5.10 Å². The van der Waals surface area contributed by atoms with E-state index in [0.717, 1.165) is 41.2 Å². The summed E-state index contributed by atoms with van der Waals surface area (Å²) in [7, 11) is 0. The lowest BCUT2D eigenvalue weighted by Crippen LogP contribution is -2.23. The summed E-state index contributed by atoms with van der Waals surface area (Å²) in [5, 5.41) is 11.9. The van der Waals surface area contributed by atoms with Gasteiger partial charge in [-0.1, -0.05) is 11.6 Å². The van der Waals surface area contributed by atoms with E-state index in [1.165, 1.54) is 6.33 Å². The van der Waals surface area contributed by atoms with Crippen LogP contribution < -0.4 is 5.56 Å². The molecule has 1 N–H and O–H groups in total. The standard InChI is InChI=1S/C18H14ClN7O/c19-12-1-3-15(25-10-22-23-24-25)14(9-12)11-7-13-2-4-16(18-20-5-6-21-18)26(13)17(27)8-11/h1,3,5-10,16H,2,4H2,(H,20,21). The molecule has 0 bridgehead atoms. The maximum absolute atomic E-state index is 12.9. The Morgan fingerprint density at radius 3 is 2.93 bits per heavy atom. The number of aromatic amines is 1. The van der Waals surface area contributed by atoms with Gasteiger partial charge in [-0.2, -0.15) is 4.68 Å². The van der Waals surface area contributed by atoms with Gasteiger partial charge in [-0.3, -0.25) is 4.79 Å². The van der Waals surface area contributed by atoms with Gasteiger partial charge in [-0.05, 0) is 53.1 Å². The van der Waals surface area contributed by atoms with Gasteiger partial charge in [0.2, 0.25) is 0 Å². The van der Waals surface area contributed by atoms with E-state index in [1.807, 2.05) is 22.8 Å². The summed E-state index contributed by atoms with van der Waals surface area (Å²) >= 11 is 6.22. The summed E-state index contributed by atoms with van der Waals surface area (Å²) in [4.78, 5) is 20.4. The van der Waals surface area contributed by atoms with Crippen molar-refractivity contribution in [3.05, 3.63) is 75.9 Å². The van der Waals surface area contributed by atoms with Crippen LogP contribution >= 0.6 is 11.6 Å². The molecular weight excluding hydrogens is 366 g/mol. The average Bonchev–Trinajstić information content (AvgIpc) is 3.41. The van der Waals surface area contributed by atoms with E-state index in [9.17, 15) is 4.79 Å². The van der Waals surface area contributed by atoms with Gasteiger partial charge in [-0.25, -0.2) is 4.98 Å². The minimum Gasteiger partial charge on any atom is -0.347 e. The van der Waals surface area contributed by atoms with Crippen LogP contribution in [-0.4, -0.2) is 34.7 Å². The summed E-state index contributed by atoms with van der Waals surface area (Å²) < 4.78 is 3.37. The lowest BCUT2D eigenvalue weighted by Gasteiger charge is -2.14. The minimum absolute atomic E-state index is 0.0603. The van der Waals surface area contributed by atoms with Gasteiger partial charge < -0.3 is 9.55 Å². The Kier molecular flexibility index (Phi) is 3.64. The van der Waals surface area contributed by atoms with Crippen molar-refractivity contribution in [3.8, 4) is 16.8 Å². The zero-order valence-electron chi connectivity index (χ0n) is 14.1. The fourth-order valence-corrected chi connectivity index (χ4v) is 3.85. The van der Waals surface area contributed by atoms with Gasteiger partial charge in [0.15, 0.2) is 0 Å². The molecule has 0 fully saturated rings. The maximum atomic E-state index is 12.9.